The van der Waals surface area contributed by atoms with Crippen LogP contribution in [0.1, 0.15) is 44.2 Å². The summed E-state index contributed by atoms with van der Waals surface area (Å²) in [5, 5.41) is 6.56. The molecule has 3 rings (SSSR count). The first-order valence-electron chi connectivity index (χ1n) is 9.92. The fraction of sp³-hybridized carbons (Fsp3) is 0.391. The normalized spacial score (nSPS) is 13.4. The van der Waals surface area contributed by atoms with Crippen molar-refractivity contribution < 1.29 is 14.3 Å². The fourth-order valence-corrected chi connectivity index (χ4v) is 3.48. The topological polar surface area (TPSA) is 67.4 Å². The van der Waals surface area contributed by atoms with Crippen molar-refractivity contribution in [3.05, 3.63) is 58.6 Å². The van der Waals surface area contributed by atoms with Gasteiger partial charge in [0.15, 0.2) is 0 Å². The van der Waals surface area contributed by atoms with Crippen LogP contribution in [0, 0.1) is 0 Å². The molecule has 6 heteroatoms. The zero-order valence-electron chi connectivity index (χ0n) is 16.9. The van der Waals surface area contributed by atoms with Crippen LogP contribution >= 0.6 is 11.6 Å². The summed E-state index contributed by atoms with van der Waals surface area (Å²) in [5.41, 5.74) is 2.84. The van der Waals surface area contributed by atoms with Gasteiger partial charge in [-0.1, -0.05) is 37.6 Å². The van der Waals surface area contributed by atoms with Crippen LogP contribution in [0.4, 0.5) is 5.69 Å². The summed E-state index contributed by atoms with van der Waals surface area (Å²) in [6.07, 6.45) is 2.27. The quantitative estimate of drug-likeness (QED) is 0.626. The number of halogens is 1. The number of aryl methyl sites for hydroxylation is 1. The zero-order chi connectivity index (χ0) is 20.9. The number of carbonyl (C=O) groups is 2. The smallest absolute Gasteiger partial charge is 0.224 e. The van der Waals surface area contributed by atoms with E-state index in [1.54, 1.807) is 0 Å². The Morgan fingerprint density at radius 2 is 2.03 bits per heavy atom. The molecule has 2 N–H and O–H groups in total. The van der Waals surface area contributed by atoms with Gasteiger partial charge in [-0.2, -0.15) is 0 Å². The summed E-state index contributed by atoms with van der Waals surface area (Å²) in [7, 11) is 0. The molecule has 0 saturated heterocycles. The molecule has 29 heavy (non-hydrogen) atoms. The van der Waals surface area contributed by atoms with Gasteiger partial charge in [0, 0.05) is 35.5 Å². The molecule has 1 aliphatic heterocycles. The van der Waals surface area contributed by atoms with Gasteiger partial charge in [0.1, 0.15) is 5.75 Å². The van der Waals surface area contributed by atoms with Crippen molar-refractivity contribution in [3.63, 3.8) is 0 Å². The van der Waals surface area contributed by atoms with E-state index in [1.165, 1.54) is 0 Å². The zero-order valence-corrected chi connectivity index (χ0v) is 17.6. The third-order valence-corrected chi connectivity index (χ3v) is 5.36. The summed E-state index contributed by atoms with van der Waals surface area (Å²) in [5.74, 6) is 0.829. The summed E-state index contributed by atoms with van der Waals surface area (Å²) in [6.45, 7) is 5.18. The van der Waals surface area contributed by atoms with E-state index in [0.29, 0.717) is 37.4 Å². The maximum Gasteiger partial charge on any atom is 0.224 e. The van der Waals surface area contributed by atoms with Gasteiger partial charge in [0.2, 0.25) is 11.8 Å². The summed E-state index contributed by atoms with van der Waals surface area (Å²) >= 11 is 6.07. The first kappa shape index (κ1) is 21.2. The number of nitrogens with one attached hydrogen (secondary N) is 2. The molecule has 0 saturated carbocycles. The van der Waals surface area contributed by atoms with Gasteiger partial charge in [-0.3, -0.25) is 9.59 Å². The minimum Gasteiger partial charge on any atom is -0.494 e. The van der Waals surface area contributed by atoms with E-state index in [1.807, 2.05) is 42.5 Å². The standard InChI is InChI=1S/C23H27ClN2O3/c1-23(2,17-5-3-6-18(24)14-17)15-25-21(27)7-4-12-29-19-9-10-20-16(13-19)8-11-22(28)26-20/h3,5-6,9-10,13-14H,4,7-8,11-12,15H2,1-2H3,(H,25,27)(H,26,28). The van der Waals surface area contributed by atoms with E-state index in [9.17, 15) is 9.59 Å². The molecule has 0 fully saturated rings. The molecule has 0 spiro atoms. The summed E-state index contributed by atoms with van der Waals surface area (Å²) in [4.78, 5) is 23.6. The first-order valence-corrected chi connectivity index (χ1v) is 10.3. The average Bonchev–Trinajstić information content (AvgIpc) is 2.70. The van der Waals surface area contributed by atoms with Crippen molar-refractivity contribution in [2.24, 2.45) is 0 Å². The molecular formula is C23H27ClN2O3. The van der Waals surface area contributed by atoms with Gasteiger partial charge < -0.3 is 15.4 Å². The molecule has 0 bridgehead atoms. The van der Waals surface area contributed by atoms with Crippen molar-refractivity contribution in [2.75, 3.05) is 18.5 Å². The van der Waals surface area contributed by atoms with Gasteiger partial charge in [0.25, 0.3) is 0 Å². The van der Waals surface area contributed by atoms with E-state index in [0.717, 1.165) is 29.0 Å². The second kappa shape index (κ2) is 9.31. The Morgan fingerprint density at radius 3 is 2.83 bits per heavy atom. The number of ether oxygens (including phenoxy) is 1. The van der Waals surface area contributed by atoms with Gasteiger partial charge in [-0.05, 0) is 54.3 Å². The Kier molecular flexibility index (Phi) is 6.80. The van der Waals surface area contributed by atoms with Crippen molar-refractivity contribution in [2.45, 2.75) is 44.9 Å². The molecule has 0 atom stereocenters. The van der Waals surface area contributed by atoms with Gasteiger partial charge >= 0.3 is 0 Å². The highest BCUT2D eigenvalue weighted by Crippen LogP contribution is 2.27. The number of amides is 2. The minimum absolute atomic E-state index is 0.0110. The highest BCUT2D eigenvalue weighted by Gasteiger charge is 2.21. The maximum absolute atomic E-state index is 12.2. The van der Waals surface area contributed by atoms with Crippen molar-refractivity contribution >= 4 is 29.1 Å². The molecule has 0 aromatic heterocycles. The lowest BCUT2D eigenvalue weighted by atomic mass is 9.84. The second-order valence-corrected chi connectivity index (χ2v) is 8.43. The molecule has 5 nitrogen and oxygen atoms in total. The van der Waals surface area contributed by atoms with E-state index >= 15 is 0 Å². The molecule has 154 valence electrons. The lowest BCUT2D eigenvalue weighted by molar-refractivity contribution is -0.121. The van der Waals surface area contributed by atoms with Crippen LogP contribution in [-0.2, 0) is 21.4 Å². The Labute approximate surface area is 176 Å². The minimum atomic E-state index is -0.199. The third kappa shape index (κ3) is 5.97. The predicted molar refractivity (Wildman–Crippen MR) is 116 cm³/mol. The van der Waals surface area contributed by atoms with Crippen LogP contribution in [-0.4, -0.2) is 25.0 Å². The van der Waals surface area contributed by atoms with Crippen LogP contribution in [0.5, 0.6) is 5.75 Å². The first-order chi connectivity index (χ1) is 13.8. The number of hydrogen-bond acceptors (Lipinski definition) is 3. The van der Waals surface area contributed by atoms with Crippen LogP contribution in [0.3, 0.4) is 0 Å². The Bertz CT molecular complexity index is 895. The van der Waals surface area contributed by atoms with Crippen LogP contribution < -0.4 is 15.4 Å². The monoisotopic (exact) mass is 414 g/mol. The maximum atomic E-state index is 12.2. The van der Waals surface area contributed by atoms with Crippen molar-refractivity contribution in [3.8, 4) is 5.75 Å². The molecule has 2 aromatic carbocycles. The number of anilines is 1. The Hall–Kier alpha value is -2.53. The van der Waals surface area contributed by atoms with Crippen LogP contribution in [0.25, 0.3) is 0 Å². The molecule has 0 aliphatic carbocycles. The molecule has 0 radical (unpaired) electrons. The molecule has 2 aromatic rings. The fourth-order valence-electron chi connectivity index (χ4n) is 3.29. The Morgan fingerprint density at radius 1 is 1.21 bits per heavy atom. The van der Waals surface area contributed by atoms with Crippen molar-refractivity contribution in [1.82, 2.24) is 5.32 Å². The van der Waals surface area contributed by atoms with Crippen molar-refractivity contribution in [1.29, 1.82) is 0 Å². The molecule has 1 heterocycles. The molecule has 1 aliphatic rings. The van der Waals surface area contributed by atoms with Gasteiger partial charge in [-0.15, -0.1) is 0 Å². The van der Waals surface area contributed by atoms with E-state index in [2.05, 4.69) is 24.5 Å². The van der Waals surface area contributed by atoms with Crippen LogP contribution in [0.15, 0.2) is 42.5 Å². The average molecular weight is 415 g/mol. The SMILES string of the molecule is CC(C)(CNC(=O)CCCOc1ccc2c(c1)CCC(=O)N2)c1cccc(Cl)c1. The number of carbonyl (C=O) groups excluding carboxylic acids is 2. The largest absolute Gasteiger partial charge is 0.494 e. The van der Waals surface area contributed by atoms with E-state index in [-0.39, 0.29) is 17.2 Å². The third-order valence-electron chi connectivity index (χ3n) is 5.12. The van der Waals surface area contributed by atoms with Gasteiger partial charge in [-0.25, -0.2) is 0 Å². The molecular weight excluding hydrogens is 388 g/mol. The Balaban J connectivity index is 1.39. The number of fused-ring (bicyclic) bond motifs is 1. The van der Waals surface area contributed by atoms with Crippen LogP contribution in [0.2, 0.25) is 5.02 Å². The highest BCUT2D eigenvalue weighted by molar-refractivity contribution is 6.30. The number of rotatable bonds is 8. The van der Waals surface area contributed by atoms with E-state index in [4.69, 9.17) is 16.3 Å². The van der Waals surface area contributed by atoms with Gasteiger partial charge in [0.05, 0.1) is 6.61 Å². The second-order valence-electron chi connectivity index (χ2n) is 7.99. The number of hydrogen-bond donors (Lipinski definition) is 2. The lowest BCUT2D eigenvalue weighted by Crippen LogP contribution is -2.36. The van der Waals surface area contributed by atoms with E-state index < -0.39 is 0 Å². The lowest BCUT2D eigenvalue weighted by Gasteiger charge is -2.26. The summed E-state index contributed by atoms with van der Waals surface area (Å²) < 4.78 is 5.77. The number of benzene rings is 2. The molecule has 2 amide bonds. The molecule has 0 unspecified atom stereocenters. The predicted octanol–water partition coefficient (Wildman–Crippen LogP) is 4.48. The summed E-state index contributed by atoms with van der Waals surface area (Å²) in [6, 6.07) is 13.4. The highest BCUT2D eigenvalue weighted by atomic mass is 35.5.